The van der Waals surface area contributed by atoms with Gasteiger partial charge in [-0.25, -0.2) is 0 Å². The molecule has 0 spiro atoms. The van der Waals surface area contributed by atoms with Crippen LogP contribution < -0.4 is 4.90 Å². The van der Waals surface area contributed by atoms with E-state index in [1.807, 2.05) is 42.5 Å². The van der Waals surface area contributed by atoms with Crippen molar-refractivity contribution in [2.75, 3.05) is 11.9 Å². The maximum Gasteiger partial charge on any atom is 0.416 e. The summed E-state index contributed by atoms with van der Waals surface area (Å²) < 4.78 is 40.3. The Morgan fingerprint density at radius 1 is 0.893 bits per heavy atom. The Balaban J connectivity index is 1.93. The summed E-state index contributed by atoms with van der Waals surface area (Å²) in [6, 6.07) is 21.2. The van der Waals surface area contributed by atoms with Gasteiger partial charge in [-0.1, -0.05) is 66.7 Å². The molecule has 3 aromatic carbocycles. The Morgan fingerprint density at radius 2 is 1.54 bits per heavy atom. The molecule has 0 radical (unpaired) electrons. The van der Waals surface area contributed by atoms with E-state index in [2.05, 4.69) is 0 Å². The van der Waals surface area contributed by atoms with Crippen LogP contribution >= 0.6 is 0 Å². The van der Waals surface area contributed by atoms with Gasteiger partial charge in [0, 0.05) is 12.6 Å². The van der Waals surface area contributed by atoms with Gasteiger partial charge in [-0.15, -0.1) is 0 Å². The molecule has 0 N–H and O–H groups in total. The standard InChI is InChI=1S/C23H20F3NO/c1-16-9-8-12-18(22(16)23(24,25)26)15-21(28)27(2)20-14-7-6-13-19(20)17-10-4-3-5-11-17/h3-14H,15H2,1-2H3. The predicted molar refractivity (Wildman–Crippen MR) is 105 cm³/mol. The SMILES string of the molecule is Cc1cccc(CC(=O)N(C)c2ccccc2-c2ccccc2)c1C(F)(F)F. The Bertz CT molecular complexity index is 981. The number of anilines is 1. The number of benzene rings is 3. The molecule has 0 aliphatic heterocycles. The zero-order valence-corrected chi connectivity index (χ0v) is 15.6. The van der Waals surface area contributed by atoms with Gasteiger partial charge in [0.15, 0.2) is 0 Å². The van der Waals surface area contributed by atoms with E-state index >= 15 is 0 Å². The van der Waals surface area contributed by atoms with Crippen molar-refractivity contribution in [3.05, 3.63) is 89.5 Å². The van der Waals surface area contributed by atoms with Crippen molar-refractivity contribution in [3.8, 4) is 11.1 Å². The first-order valence-electron chi connectivity index (χ1n) is 8.85. The molecule has 2 nitrogen and oxygen atoms in total. The van der Waals surface area contributed by atoms with Crippen molar-refractivity contribution >= 4 is 11.6 Å². The number of nitrogens with zero attached hydrogens (tertiary/aromatic N) is 1. The van der Waals surface area contributed by atoms with Gasteiger partial charge in [-0.3, -0.25) is 4.79 Å². The second kappa shape index (κ2) is 7.89. The van der Waals surface area contributed by atoms with E-state index in [-0.39, 0.29) is 17.5 Å². The van der Waals surface area contributed by atoms with Crippen LogP contribution in [0.1, 0.15) is 16.7 Å². The molecule has 144 valence electrons. The lowest BCUT2D eigenvalue weighted by molar-refractivity contribution is -0.138. The van der Waals surface area contributed by atoms with Gasteiger partial charge in [0.25, 0.3) is 0 Å². The minimum absolute atomic E-state index is 0.0125. The molecule has 0 saturated heterocycles. The van der Waals surface area contributed by atoms with Gasteiger partial charge < -0.3 is 4.90 Å². The maximum atomic E-state index is 13.4. The average Bonchev–Trinajstić information content (AvgIpc) is 2.67. The quantitative estimate of drug-likeness (QED) is 0.550. The minimum Gasteiger partial charge on any atom is -0.315 e. The van der Waals surface area contributed by atoms with E-state index < -0.39 is 17.6 Å². The van der Waals surface area contributed by atoms with Crippen molar-refractivity contribution in [2.45, 2.75) is 19.5 Å². The summed E-state index contributed by atoms with van der Waals surface area (Å²) in [7, 11) is 1.59. The predicted octanol–water partition coefficient (Wildman–Crippen LogP) is 5.89. The third-order valence-electron chi connectivity index (χ3n) is 4.71. The highest BCUT2D eigenvalue weighted by atomic mass is 19.4. The molecule has 5 heteroatoms. The van der Waals surface area contributed by atoms with Gasteiger partial charge in [-0.05, 0) is 29.7 Å². The fourth-order valence-corrected chi connectivity index (χ4v) is 3.33. The maximum absolute atomic E-state index is 13.4. The first kappa shape index (κ1) is 19.7. The van der Waals surface area contributed by atoms with Crippen LogP contribution in [0.2, 0.25) is 0 Å². The van der Waals surface area contributed by atoms with Crippen LogP contribution in [-0.4, -0.2) is 13.0 Å². The summed E-state index contributed by atoms with van der Waals surface area (Å²) in [5.74, 6) is -0.403. The van der Waals surface area contributed by atoms with E-state index in [0.717, 1.165) is 11.1 Å². The summed E-state index contributed by atoms with van der Waals surface area (Å²) in [5, 5.41) is 0. The molecule has 0 unspecified atom stereocenters. The number of carbonyl (C=O) groups excluding carboxylic acids is 1. The molecule has 0 saturated carbocycles. The average molecular weight is 383 g/mol. The lowest BCUT2D eigenvalue weighted by Gasteiger charge is -2.22. The van der Waals surface area contributed by atoms with Crippen LogP contribution in [0.25, 0.3) is 11.1 Å². The van der Waals surface area contributed by atoms with Crippen molar-refractivity contribution < 1.29 is 18.0 Å². The number of carbonyl (C=O) groups is 1. The van der Waals surface area contributed by atoms with Gasteiger partial charge in [0.2, 0.25) is 5.91 Å². The number of hydrogen-bond donors (Lipinski definition) is 0. The van der Waals surface area contributed by atoms with E-state index in [9.17, 15) is 18.0 Å². The Hall–Kier alpha value is -3.08. The first-order chi connectivity index (χ1) is 13.3. The highest BCUT2D eigenvalue weighted by Gasteiger charge is 2.35. The van der Waals surface area contributed by atoms with Crippen molar-refractivity contribution in [3.63, 3.8) is 0 Å². The third-order valence-corrected chi connectivity index (χ3v) is 4.71. The number of hydrogen-bond acceptors (Lipinski definition) is 1. The van der Waals surface area contributed by atoms with Gasteiger partial charge in [0.05, 0.1) is 17.7 Å². The van der Waals surface area contributed by atoms with Crippen LogP contribution in [0, 0.1) is 6.92 Å². The summed E-state index contributed by atoms with van der Waals surface area (Å²) in [6.45, 7) is 1.41. The van der Waals surface area contributed by atoms with Crippen LogP contribution in [0.3, 0.4) is 0 Å². The molecule has 28 heavy (non-hydrogen) atoms. The van der Waals surface area contributed by atoms with E-state index in [0.29, 0.717) is 5.69 Å². The molecule has 3 rings (SSSR count). The molecule has 0 aliphatic carbocycles. The normalized spacial score (nSPS) is 11.3. The number of halogens is 3. The third kappa shape index (κ3) is 4.09. The van der Waals surface area contributed by atoms with E-state index in [4.69, 9.17) is 0 Å². The van der Waals surface area contributed by atoms with E-state index in [1.54, 1.807) is 25.2 Å². The molecule has 0 aliphatic rings. The fraction of sp³-hybridized carbons (Fsp3) is 0.174. The molecular weight excluding hydrogens is 363 g/mol. The lowest BCUT2D eigenvalue weighted by Crippen LogP contribution is -2.29. The highest BCUT2D eigenvalue weighted by molar-refractivity contribution is 5.98. The zero-order chi connectivity index (χ0) is 20.3. The number of likely N-dealkylation sites (N-methyl/N-ethyl adjacent to an activating group) is 1. The summed E-state index contributed by atoms with van der Waals surface area (Å²) >= 11 is 0. The molecule has 0 atom stereocenters. The van der Waals surface area contributed by atoms with Gasteiger partial charge in [0.1, 0.15) is 0 Å². The second-order valence-electron chi connectivity index (χ2n) is 6.62. The number of aryl methyl sites for hydroxylation is 1. The van der Waals surface area contributed by atoms with Crippen molar-refractivity contribution in [2.24, 2.45) is 0 Å². The summed E-state index contributed by atoms with van der Waals surface area (Å²) in [6.07, 6.45) is -4.82. The minimum atomic E-state index is -4.50. The second-order valence-corrected chi connectivity index (χ2v) is 6.62. The number of alkyl halides is 3. The zero-order valence-electron chi connectivity index (χ0n) is 15.6. The van der Waals surface area contributed by atoms with Crippen LogP contribution in [0.15, 0.2) is 72.8 Å². The number of rotatable bonds is 4. The first-order valence-corrected chi connectivity index (χ1v) is 8.85. The Labute approximate surface area is 162 Å². The smallest absolute Gasteiger partial charge is 0.315 e. The van der Waals surface area contributed by atoms with Crippen LogP contribution in [0.5, 0.6) is 0 Å². The van der Waals surface area contributed by atoms with Gasteiger partial charge >= 0.3 is 6.18 Å². The molecule has 0 heterocycles. The van der Waals surface area contributed by atoms with Crippen LogP contribution in [-0.2, 0) is 17.4 Å². The summed E-state index contributed by atoms with van der Waals surface area (Å²) in [5.41, 5.74) is 1.81. The summed E-state index contributed by atoms with van der Waals surface area (Å²) in [4.78, 5) is 14.3. The van der Waals surface area contributed by atoms with Crippen LogP contribution in [0.4, 0.5) is 18.9 Å². The fourth-order valence-electron chi connectivity index (χ4n) is 3.33. The lowest BCUT2D eigenvalue weighted by atomic mass is 9.98. The number of amides is 1. The molecule has 0 bridgehead atoms. The Kier molecular flexibility index (Phi) is 5.54. The molecular formula is C23H20F3NO. The molecule has 1 amide bonds. The number of para-hydroxylation sites is 1. The van der Waals surface area contributed by atoms with E-state index in [1.165, 1.54) is 24.0 Å². The van der Waals surface area contributed by atoms with Gasteiger partial charge in [-0.2, -0.15) is 13.2 Å². The molecule has 0 fully saturated rings. The monoisotopic (exact) mass is 383 g/mol. The van der Waals surface area contributed by atoms with Crippen molar-refractivity contribution in [1.29, 1.82) is 0 Å². The molecule has 0 aromatic heterocycles. The largest absolute Gasteiger partial charge is 0.416 e. The van der Waals surface area contributed by atoms with Crippen molar-refractivity contribution in [1.82, 2.24) is 0 Å². The molecule has 3 aromatic rings. The highest BCUT2D eigenvalue weighted by Crippen LogP contribution is 2.35. The topological polar surface area (TPSA) is 20.3 Å². The Morgan fingerprint density at radius 3 is 2.21 bits per heavy atom.